The molecule has 4 aliphatic carbocycles. The molecule has 4 fully saturated rings. The molecule has 1 aromatic heterocycles. The van der Waals surface area contributed by atoms with Gasteiger partial charge in [-0.15, -0.1) is 0 Å². The van der Waals surface area contributed by atoms with Crippen LogP contribution in [-0.4, -0.2) is 35.4 Å². The molecule has 26 heavy (non-hydrogen) atoms. The number of rotatable bonds is 4. The van der Waals surface area contributed by atoms with Crippen LogP contribution in [0.4, 0.5) is 0 Å². The molecule has 0 aliphatic heterocycles. The van der Waals surface area contributed by atoms with Gasteiger partial charge in [0.25, 0.3) is 5.56 Å². The predicted molar refractivity (Wildman–Crippen MR) is 97.3 cm³/mol. The molecule has 0 spiro atoms. The van der Waals surface area contributed by atoms with Gasteiger partial charge in [-0.25, -0.2) is 17.5 Å². The highest BCUT2D eigenvalue weighted by Gasteiger charge is 2.51. The summed E-state index contributed by atoms with van der Waals surface area (Å²) in [6.07, 6.45) is 8.36. The van der Waals surface area contributed by atoms with Crippen LogP contribution in [0.15, 0.2) is 20.7 Å². The summed E-state index contributed by atoms with van der Waals surface area (Å²) in [7, 11) is 0.400. The van der Waals surface area contributed by atoms with Crippen molar-refractivity contribution in [1.29, 1.82) is 0 Å². The summed E-state index contributed by atoms with van der Waals surface area (Å²) < 4.78 is 29.5. The maximum absolute atomic E-state index is 13.1. The molecule has 0 amide bonds. The molecule has 8 heteroatoms. The van der Waals surface area contributed by atoms with E-state index < -0.39 is 21.3 Å². The van der Waals surface area contributed by atoms with E-state index in [1.54, 1.807) is 7.05 Å². The summed E-state index contributed by atoms with van der Waals surface area (Å²) in [5, 5.41) is 0. The predicted octanol–water partition coefficient (Wildman–Crippen LogP) is 0.921. The van der Waals surface area contributed by atoms with Gasteiger partial charge in [-0.2, -0.15) is 0 Å². The molecule has 0 N–H and O–H groups in total. The Morgan fingerprint density at radius 2 is 1.58 bits per heavy atom. The Labute approximate surface area is 153 Å². The van der Waals surface area contributed by atoms with Crippen LogP contribution in [0.25, 0.3) is 0 Å². The Hall–Kier alpha value is -1.41. The lowest BCUT2D eigenvalue weighted by Crippen LogP contribution is -2.52. The van der Waals surface area contributed by atoms with Gasteiger partial charge < -0.3 is 4.57 Å². The van der Waals surface area contributed by atoms with Gasteiger partial charge in [0.15, 0.2) is 4.90 Å². The van der Waals surface area contributed by atoms with Crippen LogP contribution in [-0.2, 0) is 24.1 Å². The van der Waals surface area contributed by atoms with E-state index >= 15 is 0 Å². The topological polar surface area (TPSA) is 81.4 Å². The molecule has 4 bridgehead atoms. The molecular weight excluding hydrogens is 354 g/mol. The number of hydrogen-bond acceptors (Lipinski definition) is 4. The van der Waals surface area contributed by atoms with Crippen molar-refractivity contribution in [2.24, 2.45) is 37.3 Å². The lowest BCUT2D eigenvalue weighted by atomic mass is 9.49. The standard InChI is InChI=1S/C18H27N3O4S/c1-19-10-15(16(22)21(3)17(19)23)26(24,25)20(2)11-18-7-12-4-13(8-18)6-14(5-12)9-18/h10,12-14H,4-9,11H2,1-3H3. The van der Waals surface area contributed by atoms with Crippen molar-refractivity contribution in [3.05, 3.63) is 27.0 Å². The van der Waals surface area contributed by atoms with Crippen molar-refractivity contribution in [2.45, 2.75) is 43.4 Å². The van der Waals surface area contributed by atoms with Gasteiger partial charge >= 0.3 is 5.69 Å². The van der Waals surface area contributed by atoms with Gasteiger partial charge in [-0.05, 0) is 61.7 Å². The van der Waals surface area contributed by atoms with Crippen molar-refractivity contribution in [1.82, 2.24) is 13.4 Å². The highest BCUT2D eigenvalue weighted by atomic mass is 32.2. The maximum atomic E-state index is 13.1. The minimum atomic E-state index is -3.93. The summed E-state index contributed by atoms with van der Waals surface area (Å²) in [4.78, 5) is 23.9. The molecule has 4 aliphatic rings. The first kappa shape index (κ1) is 18.0. The fourth-order valence-electron chi connectivity index (χ4n) is 6.16. The van der Waals surface area contributed by atoms with Crippen LogP contribution in [0.2, 0.25) is 0 Å². The summed E-state index contributed by atoms with van der Waals surface area (Å²) in [6.45, 7) is 0.463. The Kier molecular flexibility index (Phi) is 4.00. The zero-order valence-electron chi connectivity index (χ0n) is 15.6. The molecular formula is C18H27N3O4S. The van der Waals surface area contributed by atoms with E-state index in [4.69, 9.17) is 0 Å². The van der Waals surface area contributed by atoms with E-state index in [0.29, 0.717) is 6.54 Å². The van der Waals surface area contributed by atoms with Crippen LogP contribution in [0.3, 0.4) is 0 Å². The van der Waals surface area contributed by atoms with E-state index in [-0.39, 0.29) is 10.3 Å². The molecule has 5 rings (SSSR count). The Balaban J connectivity index is 1.65. The number of nitrogens with zero attached hydrogens (tertiary/aromatic N) is 3. The van der Waals surface area contributed by atoms with Crippen molar-refractivity contribution in [3.63, 3.8) is 0 Å². The Morgan fingerprint density at radius 1 is 1.08 bits per heavy atom. The van der Waals surface area contributed by atoms with Crippen LogP contribution < -0.4 is 11.2 Å². The summed E-state index contributed by atoms with van der Waals surface area (Å²) in [5.74, 6) is 2.22. The quantitative estimate of drug-likeness (QED) is 0.777. The van der Waals surface area contributed by atoms with Crippen molar-refractivity contribution < 1.29 is 8.42 Å². The normalized spacial score (nSPS) is 33.2. The van der Waals surface area contributed by atoms with E-state index in [0.717, 1.165) is 52.3 Å². The first-order valence-electron chi connectivity index (χ1n) is 9.34. The Morgan fingerprint density at radius 3 is 2.08 bits per heavy atom. The SMILES string of the molecule is CN(CC12CC3CC(CC(C3)C1)C2)S(=O)(=O)c1cn(C)c(=O)n(C)c1=O. The molecule has 0 radical (unpaired) electrons. The van der Waals surface area contributed by atoms with Gasteiger partial charge in [0.05, 0.1) is 0 Å². The summed E-state index contributed by atoms with van der Waals surface area (Å²) in [6, 6.07) is 0. The fourth-order valence-corrected chi connectivity index (χ4v) is 7.59. The first-order valence-corrected chi connectivity index (χ1v) is 10.8. The average Bonchev–Trinajstić information content (AvgIpc) is 2.54. The number of hydrogen-bond donors (Lipinski definition) is 0. The van der Waals surface area contributed by atoms with Crippen LogP contribution >= 0.6 is 0 Å². The van der Waals surface area contributed by atoms with Crippen molar-refractivity contribution in [3.8, 4) is 0 Å². The minimum absolute atomic E-state index is 0.0580. The van der Waals surface area contributed by atoms with Crippen molar-refractivity contribution >= 4 is 10.0 Å². The second-order valence-electron chi connectivity index (χ2n) is 8.93. The van der Waals surface area contributed by atoms with Crippen molar-refractivity contribution in [2.75, 3.05) is 13.6 Å². The molecule has 0 atom stereocenters. The molecule has 4 saturated carbocycles. The lowest BCUT2D eigenvalue weighted by Gasteiger charge is -2.57. The second kappa shape index (κ2) is 5.79. The van der Waals surface area contributed by atoms with Gasteiger partial charge in [0, 0.05) is 33.9 Å². The van der Waals surface area contributed by atoms with Gasteiger partial charge in [0.2, 0.25) is 10.0 Å². The number of aromatic nitrogens is 2. The molecule has 0 aromatic carbocycles. The van der Waals surface area contributed by atoms with E-state index in [2.05, 4.69) is 0 Å². The fraction of sp³-hybridized carbons (Fsp3) is 0.778. The molecule has 144 valence electrons. The average molecular weight is 381 g/mol. The third-order valence-electron chi connectivity index (χ3n) is 6.83. The molecule has 0 saturated heterocycles. The van der Waals surface area contributed by atoms with Gasteiger partial charge in [0.1, 0.15) is 0 Å². The molecule has 1 aromatic rings. The highest BCUT2D eigenvalue weighted by Crippen LogP contribution is 2.60. The summed E-state index contributed by atoms with van der Waals surface area (Å²) in [5.41, 5.74) is -1.23. The first-order chi connectivity index (χ1) is 12.1. The third kappa shape index (κ3) is 2.69. The lowest BCUT2D eigenvalue weighted by molar-refractivity contribution is -0.0583. The molecule has 1 heterocycles. The zero-order chi connectivity index (χ0) is 18.9. The van der Waals surface area contributed by atoms with E-state index in [1.165, 1.54) is 37.7 Å². The van der Waals surface area contributed by atoms with Crippen LogP contribution in [0.1, 0.15) is 38.5 Å². The minimum Gasteiger partial charge on any atom is -0.302 e. The Bertz CT molecular complexity index is 924. The second-order valence-corrected chi connectivity index (χ2v) is 10.9. The number of sulfonamides is 1. The summed E-state index contributed by atoms with van der Waals surface area (Å²) >= 11 is 0. The highest BCUT2D eigenvalue weighted by molar-refractivity contribution is 7.89. The smallest absolute Gasteiger partial charge is 0.302 e. The van der Waals surface area contributed by atoms with Crippen LogP contribution in [0, 0.1) is 23.2 Å². The zero-order valence-corrected chi connectivity index (χ0v) is 16.5. The monoisotopic (exact) mass is 381 g/mol. The largest absolute Gasteiger partial charge is 0.330 e. The third-order valence-corrected chi connectivity index (χ3v) is 8.61. The van der Waals surface area contributed by atoms with E-state index in [1.807, 2.05) is 0 Å². The van der Waals surface area contributed by atoms with Gasteiger partial charge in [-0.1, -0.05) is 0 Å². The van der Waals surface area contributed by atoms with E-state index in [9.17, 15) is 18.0 Å². The van der Waals surface area contributed by atoms with Crippen LogP contribution in [0.5, 0.6) is 0 Å². The molecule has 7 nitrogen and oxygen atoms in total. The van der Waals surface area contributed by atoms with Gasteiger partial charge in [-0.3, -0.25) is 9.36 Å². The number of aryl methyl sites for hydroxylation is 1. The molecule has 0 unspecified atom stereocenters. The maximum Gasteiger partial charge on any atom is 0.330 e.